The molecule has 1 saturated heterocycles. The maximum atomic E-state index is 10.3. The minimum Gasteiger partial charge on any atom is -0.507 e. The summed E-state index contributed by atoms with van der Waals surface area (Å²) in [5.74, 6) is 6.65. The number of phenolic OH excluding ortho intramolecular Hbond substituents is 1. The average Bonchev–Trinajstić information content (AvgIpc) is 2.64. The lowest BCUT2D eigenvalue weighted by Gasteiger charge is -2.32. The van der Waals surface area contributed by atoms with Crippen LogP contribution in [-0.2, 0) is 0 Å². The second kappa shape index (κ2) is 8.85. The zero-order valence-electron chi connectivity index (χ0n) is 15.9. The Bertz CT molecular complexity index is 855. The number of hydrogen-bond donors (Lipinski definition) is 3. The van der Waals surface area contributed by atoms with Crippen LogP contribution in [0.15, 0.2) is 24.3 Å². The fraction of sp³-hybridized carbons (Fsp3) is 0.429. The van der Waals surface area contributed by atoms with Gasteiger partial charge < -0.3 is 15.5 Å². The van der Waals surface area contributed by atoms with Crippen molar-refractivity contribution in [3.8, 4) is 28.8 Å². The van der Waals surface area contributed by atoms with Crippen molar-refractivity contribution in [2.45, 2.75) is 32.7 Å². The van der Waals surface area contributed by atoms with Crippen LogP contribution in [0, 0.1) is 18.8 Å². The molecule has 0 saturated carbocycles. The Labute approximate surface area is 160 Å². The number of β-amino-alcohol motifs (C(OH)–C–C–N with tert-alkyl or cyclic N) is 1. The van der Waals surface area contributed by atoms with Gasteiger partial charge >= 0.3 is 0 Å². The molecule has 1 aliphatic heterocycles. The minimum atomic E-state index is 0.153. The van der Waals surface area contributed by atoms with E-state index in [0.717, 1.165) is 42.9 Å². The van der Waals surface area contributed by atoms with E-state index in [-0.39, 0.29) is 12.4 Å². The number of benzene rings is 1. The fourth-order valence-corrected chi connectivity index (χ4v) is 3.50. The van der Waals surface area contributed by atoms with E-state index >= 15 is 0 Å². The number of aliphatic hydroxyl groups excluding tert-OH is 1. The van der Waals surface area contributed by atoms with Gasteiger partial charge in [0, 0.05) is 30.3 Å². The van der Waals surface area contributed by atoms with E-state index in [1.54, 1.807) is 13.0 Å². The summed E-state index contributed by atoms with van der Waals surface area (Å²) in [5.41, 5.74) is 3.03. The smallest absolute Gasteiger partial charge is 0.149 e. The van der Waals surface area contributed by atoms with Crippen LogP contribution >= 0.6 is 0 Å². The fourth-order valence-electron chi connectivity index (χ4n) is 3.50. The third-order valence-corrected chi connectivity index (χ3v) is 4.78. The molecule has 1 aromatic heterocycles. The summed E-state index contributed by atoms with van der Waals surface area (Å²) in [5, 5.41) is 31.6. The topological polar surface area (TPSA) is 81.5 Å². The van der Waals surface area contributed by atoms with Gasteiger partial charge in [0.1, 0.15) is 11.6 Å². The Morgan fingerprint density at radius 3 is 2.85 bits per heavy atom. The molecule has 0 amide bonds. The van der Waals surface area contributed by atoms with Crippen molar-refractivity contribution < 1.29 is 10.2 Å². The highest BCUT2D eigenvalue weighted by Crippen LogP contribution is 2.31. The van der Waals surface area contributed by atoms with E-state index in [4.69, 9.17) is 5.11 Å². The summed E-state index contributed by atoms with van der Waals surface area (Å²) in [6, 6.07) is 7.61. The SMILES string of the molecule is CC#Cc1ccc(-c2nnc(NC3CCCN(CCO)C3)cc2C)c(O)c1. The van der Waals surface area contributed by atoms with Crippen LogP contribution in [0.2, 0.25) is 0 Å². The van der Waals surface area contributed by atoms with Crippen molar-refractivity contribution in [1.82, 2.24) is 15.1 Å². The molecule has 142 valence electrons. The molecule has 3 N–H and O–H groups in total. The van der Waals surface area contributed by atoms with Crippen LogP contribution in [0.25, 0.3) is 11.3 Å². The highest BCUT2D eigenvalue weighted by atomic mass is 16.3. The van der Waals surface area contributed by atoms with Crippen LogP contribution in [0.5, 0.6) is 5.75 Å². The predicted molar refractivity (Wildman–Crippen MR) is 107 cm³/mol. The lowest BCUT2D eigenvalue weighted by Crippen LogP contribution is -2.43. The standard InChI is InChI=1S/C21H26N4O2/c1-3-5-16-7-8-18(19(27)13-16)21-15(2)12-20(23-24-21)22-17-6-4-9-25(14-17)10-11-26/h7-8,12-13,17,26-27H,4,6,9-11,14H2,1-2H3,(H,22,23). The third-order valence-electron chi connectivity index (χ3n) is 4.78. The number of piperidine rings is 1. The van der Waals surface area contributed by atoms with Crippen molar-refractivity contribution in [3.63, 3.8) is 0 Å². The van der Waals surface area contributed by atoms with Gasteiger partial charge in [0.2, 0.25) is 0 Å². The van der Waals surface area contributed by atoms with E-state index in [0.29, 0.717) is 23.8 Å². The Morgan fingerprint density at radius 2 is 2.15 bits per heavy atom. The van der Waals surface area contributed by atoms with E-state index in [2.05, 4.69) is 32.3 Å². The van der Waals surface area contributed by atoms with Crippen LogP contribution in [0.3, 0.4) is 0 Å². The second-order valence-electron chi connectivity index (χ2n) is 6.88. The van der Waals surface area contributed by atoms with Crippen LogP contribution in [0.4, 0.5) is 5.82 Å². The van der Waals surface area contributed by atoms with E-state index in [9.17, 15) is 5.11 Å². The molecule has 3 rings (SSSR count). The maximum absolute atomic E-state index is 10.3. The maximum Gasteiger partial charge on any atom is 0.149 e. The van der Waals surface area contributed by atoms with E-state index < -0.39 is 0 Å². The molecule has 2 aromatic rings. The number of aromatic nitrogens is 2. The molecule has 2 heterocycles. The molecular formula is C21H26N4O2. The van der Waals surface area contributed by atoms with Gasteiger partial charge in [0.15, 0.2) is 0 Å². The number of nitrogens with zero attached hydrogens (tertiary/aromatic N) is 3. The van der Waals surface area contributed by atoms with Crippen molar-refractivity contribution in [2.75, 3.05) is 31.6 Å². The summed E-state index contributed by atoms with van der Waals surface area (Å²) in [6.07, 6.45) is 2.17. The Hall–Kier alpha value is -2.62. The number of rotatable bonds is 5. The summed E-state index contributed by atoms with van der Waals surface area (Å²) in [7, 11) is 0. The third kappa shape index (κ3) is 4.76. The Balaban J connectivity index is 1.75. The second-order valence-corrected chi connectivity index (χ2v) is 6.88. The molecule has 1 atom stereocenters. The van der Waals surface area contributed by atoms with Gasteiger partial charge in [-0.25, -0.2) is 0 Å². The van der Waals surface area contributed by atoms with Gasteiger partial charge in [-0.15, -0.1) is 16.1 Å². The van der Waals surface area contributed by atoms with Crippen LogP contribution in [0.1, 0.15) is 30.9 Å². The Kier molecular flexibility index (Phi) is 6.28. The molecule has 0 bridgehead atoms. The quantitative estimate of drug-likeness (QED) is 0.705. The molecule has 1 aliphatic rings. The summed E-state index contributed by atoms with van der Waals surface area (Å²) < 4.78 is 0. The number of likely N-dealkylation sites (tertiary alicyclic amines) is 1. The monoisotopic (exact) mass is 366 g/mol. The highest BCUT2D eigenvalue weighted by Gasteiger charge is 2.20. The molecule has 6 nitrogen and oxygen atoms in total. The van der Waals surface area contributed by atoms with E-state index in [1.165, 1.54) is 0 Å². The molecule has 1 fully saturated rings. The van der Waals surface area contributed by atoms with Crippen molar-refractivity contribution in [1.29, 1.82) is 0 Å². The van der Waals surface area contributed by atoms with Crippen LogP contribution < -0.4 is 5.32 Å². The molecule has 0 aliphatic carbocycles. The number of phenols is 1. The molecule has 27 heavy (non-hydrogen) atoms. The number of aryl methyl sites for hydroxylation is 1. The largest absolute Gasteiger partial charge is 0.507 e. The number of anilines is 1. The molecular weight excluding hydrogens is 340 g/mol. The summed E-state index contributed by atoms with van der Waals surface area (Å²) in [6.45, 7) is 6.55. The van der Waals surface area contributed by atoms with Crippen molar-refractivity contribution in [3.05, 3.63) is 35.4 Å². The first-order valence-electron chi connectivity index (χ1n) is 9.31. The lowest BCUT2D eigenvalue weighted by molar-refractivity contribution is 0.166. The molecule has 0 radical (unpaired) electrons. The first kappa shape index (κ1) is 19.2. The van der Waals surface area contributed by atoms with Gasteiger partial charge in [0.25, 0.3) is 0 Å². The van der Waals surface area contributed by atoms with Gasteiger partial charge in [-0.2, -0.15) is 0 Å². The molecule has 0 spiro atoms. The van der Waals surface area contributed by atoms with Gasteiger partial charge in [-0.05, 0) is 63.1 Å². The number of nitrogens with one attached hydrogen (secondary N) is 1. The average molecular weight is 366 g/mol. The molecule has 1 aromatic carbocycles. The minimum absolute atomic E-state index is 0.153. The first-order valence-corrected chi connectivity index (χ1v) is 9.31. The summed E-state index contributed by atoms with van der Waals surface area (Å²) >= 11 is 0. The van der Waals surface area contributed by atoms with Crippen LogP contribution in [-0.4, -0.2) is 57.6 Å². The number of aromatic hydroxyl groups is 1. The summed E-state index contributed by atoms with van der Waals surface area (Å²) in [4.78, 5) is 2.26. The van der Waals surface area contributed by atoms with Crippen molar-refractivity contribution >= 4 is 5.82 Å². The zero-order chi connectivity index (χ0) is 19.2. The predicted octanol–water partition coefficient (Wildman–Crippen LogP) is 2.40. The lowest BCUT2D eigenvalue weighted by atomic mass is 10.0. The Morgan fingerprint density at radius 1 is 1.30 bits per heavy atom. The number of hydrogen-bond acceptors (Lipinski definition) is 6. The molecule has 6 heteroatoms. The first-order chi connectivity index (χ1) is 13.1. The zero-order valence-corrected chi connectivity index (χ0v) is 15.9. The number of aliphatic hydroxyl groups is 1. The van der Waals surface area contributed by atoms with Crippen molar-refractivity contribution in [2.24, 2.45) is 0 Å². The van der Waals surface area contributed by atoms with E-state index in [1.807, 2.05) is 25.1 Å². The normalized spacial score (nSPS) is 17.2. The van der Waals surface area contributed by atoms with Gasteiger partial charge in [-0.3, -0.25) is 4.90 Å². The highest BCUT2D eigenvalue weighted by molar-refractivity contribution is 5.71. The van der Waals surface area contributed by atoms with Gasteiger partial charge in [-0.1, -0.05) is 5.92 Å². The van der Waals surface area contributed by atoms with Gasteiger partial charge in [0.05, 0.1) is 12.3 Å². The molecule has 1 unspecified atom stereocenters.